The molecule has 24 heavy (non-hydrogen) atoms. The number of para-hydroxylation sites is 1. The highest BCUT2D eigenvalue weighted by Gasteiger charge is 2.23. The summed E-state index contributed by atoms with van der Waals surface area (Å²) in [7, 11) is 0. The Morgan fingerprint density at radius 2 is 1.79 bits per heavy atom. The zero-order chi connectivity index (χ0) is 16.5. The van der Waals surface area contributed by atoms with Gasteiger partial charge in [-0.05, 0) is 51.9 Å². The molecule has 0 spiro atoms. The van der Waals surface area contributed by atoms with Gasteiger partial charge in [-0.3, -0.25) is 0 Å². The highest BCUT2D eigenvalue weighted by Crippen LogP contribution is 2.36. The number of H-pyrrole nitrogens is 1. The summed E-state index contributed by atoms with van der Waals surface area (Å²) in [5.41, 5.74) is 4.03. The maximum Gasteiger partial charge on any atom is 0.174 e. The number of piperidine rings is 1. The zero-order valence-corrected chi connectivity index (χ0v) is 14.1. The van der Waals surface area contributed by atoms with E-state index < -0.39 is 0 Å². The van der Waals surface area contributed by atoms with Gasteiger partial charge in [0.25, 0.3) is 0 Å². The molecule has 0 unspecified atom stereocenters. The second-order valence-corrected chi connectivity index (χ2v) is 6.40. The van der Waals surface area contributed by atoms with Crippen LogP contribution in [0.3, 0.4) is 0 Å². The molecule has 1 aromatic carbocycles. The van der Waals surface area contributed by atoms with Crippen LogP contribution in [0.15, 0.2) is 30.3 Å². The Labute approximate surface area is 141 Å². The van der Waals surface area contributed by atoms with Crippen molar-refractivity contribution in [3.63, 3.8) is 0 Å². The van der Waals surface area contributed by atoms with Gasteiger partial charge >= 0.3 is 0 Å². The number of fused-ring (bicyclic) bond motifs is 1. The van der Waals surface area contributed by atoms with E-state index in [-0.39, 0.29) is 0 Å². The Kier molecular flexibility index (Phi) is 3.94. The second-order valence-electron chi connectivity index (χ2n) is 6.40. The number of nitrogens with one attached hydrogen (secondary N) is 2. The van der Waals surface area contributed by atoms with Gasteiger partial charge in [0.05, 0.1) is 16.9 Å². The van der Waals surface area contributed by atoms with E-state index in [1.54, 1.807) is 0 Å². The predicted molar refractivity (Wildman–Crippen MR) is 94.7 cm³/mol. The summed E-state index contributed by atoms with van der Waals surface area (Å²) in [6.07, 6.45) is 2.22. The molecule has 5 nitrogen and oxygen atoms in total. The van der Waals surface area contributed by atoms with E-state index in [4.69, 9.17) is 9.72 Å². The van der Waals surface area contributed by atoms with Crippen molar-refractivity contribution in [2.45, 2.75) is 32.6 Å². The first-order chi connectivity index (χ1) is 11.7. The lowest BCUT2D eigenvalue weighted by Gasteiger charge is -2.22. The summed E-state index contributed by atoms with van der Waals surface area (Å²) in [6.45, 7) is 6.07. The molecule has 2 N–H and O–H groups in total. The first-order valence-electron chi connectivity index (χ1n) is 8.53. The van der Waals surface area contributed by atoms with Crippen molar-refractivity contribution in [3.8, 4) is 11.5 Å². The van der Waals surface area contributed by atoms with Gasteiger partial charge in [-0.1, -0.05) is 18.2 Å². The predicted octanol–water partition coefficient (Wildman–Crippen LogP) is 3.83. The second kappa shape index (κ2) is 6.24. The van der Waals surface area contributed by atoms with Gasteiger partial charge in [0, 0.05) is 5.92 Å². The minimum atomic E-state index is 0.470. The van der Waals surface area contributed by atoms with Crippen LogP contribution in [0.5, 0.6) is 11.5 Å². The van der Waals surface area contributed by atoms with Crippen LogP contribution in [-0.2, 0) is 0 Å². The Morgan fingerprint density at radius 3 is 2.54 bits per heavy atom. The van der Waals surface area contributed by atoms with Crippen molar-refractivity contribution in [2.75, 3.05) is 13.1 Å². The number of aryl methyl sites for hydroxylation is 2. The maximum atomic E-state index is 6.13. The molecule has 2 aromatic heterocycles. The highest BCUT2D eigenvalue weighted by atomic mass is 16.5. The fourth-order valence-electron chi connectivity index (χ4n) is 3.43. The van der Waals surface area contributed by atoms with Crippen molar-refractivity contribution in [3.05, 3.63) is 47.5 Å². The minimum absolute atomic E-state index is 0.470. The molecule has 0 bridgehead atoms. The fourth-order valence-corrected chi connectivity index (χ4v) is 3.43. The van der Waals surface area contributed by atoms with Crippen molar-refractivity contribution in [1.82, 2.24) is 20.3 Å². The number of hydrogen-bond acceptors (Lipinski definition) is 4. The first kappa shape index (κ1) is 15.1. The fraction of sp³-hybridized carbons (Fsp3) is 0.368. The summed E-state index contributed by atoms with van der Waals surface area (Å²) in [5, 5.41) is 3.42. The van der Waals surface area contributed by atoms with Crippen molar-refractivity contribution in [1.29, 1.82) is 0 Å². The van der Waals surface area contributed by atoms with E-state index in [0.29, 0.717) is 5.92 Å². The highest BCUT2D eigenvalue weighted by molar-refractivity contribution is 5.86. The number of hydrogen-bond donors (Lipinski definition) is 2. The summed E-state index contributed by atoms with van der Waals surface area (Å²) < 4.78 is 6.13. The molecular formula is C19H22N4O. The molecule has 1 aliphatic rings. The minimum Gasteiger partial charge on any atom is -0.453 e. The number of ether oxygens (including phenoxy) is 1. The average Bonchev–Trinajstić information content (AvgIpc) is 2.92. The van der Waals surface area contributed by atoms with Crippen molar-refractivity contribution in [2.24, 2.45) is 0 Å². The van der Waals surface area contributed by atoms with E-state index in [1.807, 2.05) is 44.2 Å². The standard InChI is InChI=1S/C19H22N4O/c1-12-19(24-15-6-4-3-5-7-15)18-17(21-12)16(22-13(2)23-18)14-8-10-20-11-9-14/h3-7,14,20-21H,8-11H2,1-2H3. The Bertz CT molecular complexity index is 851. The van der Waals surface area contributed by atoms with Crippen molar-refractivity contribution < 1.29 is 4.74 Å². The lowest BCUT2D eigenvalue weighted by molar-refractivity contribution is 0.454. The first-order valence-corrected chi connectivity index (χ1v) is 8.53. The van der Waals surface area contributed by atoms with Crippen LogP contribution in [0.2, 0.25) is 0 Å². The number of aromatic amines is 1. The normalized spacial score (nSPS) is 15.8. The Hall–Kier alpha value is -2.40. The van der Waals surface area contributed by atoms with Gasteiger partial charge in [-0.15, -0.1) is 0 Å². The summed E-state index contributed by atoms with van der Waals surface area (Å²) in [6, 6.07) is 9.84. The van der Waals surface area contributed by atoms with Gasteiger partial charge in [0.1, 0.15) is 17.1 Å². The molecule has 1 saturated heterocycles. The molecule has 124 valence electrons. The Morgan fingerprint density at radius 1 is 1.04 bits per heavy atom. The van der Waals surface area contributed by atoms with Crippen LogP contribution in [0, 0.1) is 13.8 Å². The molecule has 1 aliphatic heterocycles. The third-order valence-electron chi connectivity index (χ3n) is 4.61. The maximum absolute atomic E-state index is 6.13. The van der Waals surface area contributed by atoms with E-state index in [9.17, 15) is 0 Å². The van der Waals surface area contributed by atoms with Gasteiger partial charge in [-0.2, -0.15) is 0 Å². The van der Waals surface area contributed by atoms with Crippen LogP contribution >= 0.6 is 0 Å². The van der Waals surface area contributed by atoms with Crippen molar-refractivity contribution >= 4 is 11.0 Å². The smallest absolute Gasteiger partial charge is 0.174 e. The zero-order valence-electron chi connectivity index (χ0n) is 14.1. The number of rotatable bonds is 3. The van der Waals surface area contributed by atoms with Gasteiger partial charge < -0.3 is 15.0 Å². The van der Waals surface area contributed by atoms with Gasteiger partial charge in [-0.25, -0.2) is 9.97 Å². The third kappa shape index (κ3) is 2.76. The molecule has 3 heterocycles. The molecule has 1 fully saturated rings. The molecule has 3 aromatic rings. The molecule has 0 atom stereocenters. The molecule has 0 radical (unpaired) electrons. The third-order valence-corrected chi connectivity index (χ3v) is 4.61. The molecule has 0 saturated carbocycles. The van der Waals surface area contributed by atoms with E-state index >= 15 is 0 Å². The van der Waals surface area contributed by atoms with E-state index in [0.717, 1.165) is 65.7 Å². The number of aromatic nitrogens is 3. The number of benzene rings is 1. The van der Waals surface area contributed by atoms with Crippen LogP contribution < -0.4 is 10.1 Å². The van der Waals surface area contributed by atoms with Crippen LogP contribution in [0.25, 0.3) is 11.0 Å². The van der Waals surface area contributed by atoms with E-state index in [1.165, 1.54) is 0 Å². The summed E-state index contributed by atoms with van der Waals surface area (Å²) >= 11 is 0. The van der Waals surface area contributed by atoms with E-state index in [2.05, 4.69) is 15.3 Å². The van der Waals surface area contributed by atoms with Crippen LogP contribution in [0.4, 0.5) is 0 Å². The van der Waals surface area contributed by atoms with Crippen LogP contribution in [0.1, 0.15) is 36.0 Å². The Balaban J connectivity index is 1.81. The molecule has 5 heteroatoms. The lowest BCUT2D eigenvalue weighted by atomic mass is 9.93. The lowest BCUT2D eigenvalue weighted by Crippen LogP contribution is -2.27. The number of nitrogens with zero attached hydrogens (tertiary/aromatic N) is 2. The topological polar surface area (TPSA) is 62.8 Å². The molecule has 4 rings (SSSR count). The average molecular weight is 322 g/mol. The van der Waals surface area contributed by atoms with Gasteiger partial charge in [0.15, 0.2) is 5.75 Å². The quantitative estimate of drug-likeness (QED) is 0.769. The SMILES string of the molecule is Cc1nc(C2CCNCC2)c2[nH]c(C)c(Oc3ccccc3)c2n1. The monoisotopic (exact) mass is 322 g/mol. The van der Waals surface area contributed by atoms with Gasteiger partial charge in [0.2, 0.25) is 0 Å². The van der Waals surface area contributed by atoms with Crippen LogP contribution in [-0.4, -0.2) is 28.0 Å². The summed E-state index contributed by atoms with van der Waals surface area (Å²) in [4.78, 5) is 12.9. The molecule has 0 aliphatic carbocycles. The summed E-state index contributed by atoms with van der Waals surface area (Å²) in [5.74, 6) is 2.89. The largest absolute Gasteiger partial charge is 0.453 e. The molecular weight excluding hydrogens is 300 g/mol. The molecule has 0 amide bonds.